The number of halogens is 2. The number of aromatic hydroxyl groups is 3. The van der Waals surface area contributed by atoms with Gasteiger partial charge in [0.15, 0.2) is 44.6 Å². The van der Waals surface area contributed by atoms with Crippen LogP contribution in [0.4, 0.5) is 0 Å². The minimum atomic E-state index is -0.597. The van der Waals surface area contributed by atoms with Crippen molar-refractivity contribution in [2.24, 2.45) is 17.3 Å². The number of hydrogen-bond acceptors (Lipinski definition) is 34. The topological polar surface area (TPSA) is 548 Å². The molecule has 8 aromatic carbocycles. The number of nitrogens with one attached hydrogen (secondary N) is 3. The second kappa shape index (κ2) is 77.8. The zero-order valence-electron chi connectivity index (χ0n) is 81.6. The van der Waals surface area contributed by atoms with Crippen molar-refractivity contribution in [2.75, 3.05) is 75.0 Å². The SMILES string of the molecule is C#CC(=O)OC(C)C.COCCl.COCOc1cc(C)cc(-c2ncn[nH]2)c1.COCOc1cc(C)cc(C#N)c1.COCOc1cc(C)cc(C(N)=S)c1.COCOc1cc(C)cc(C(N)SC)c1.Cc1cc(O)cc(-c2ncn[nH]2)c1.Cc1cc(O)cc(Br)c1.Cc1cc(O)cc(C#N)c1.Cc1cc(O/C=C/C(=O)OC(C)C)cc(-c2ncn(/C=C\C(=O)OC(C)C)n2)c1.NNC=O.[C-]#N.[C-]#N.[Zn+2]. The molecular weight excluding hydrogens is 1980 g/mol. The summed E-state index contributed by atoms with van der Waals surface area (Å²) in [5.41, 5.74) is 26.9. The molecular formula is C98H119BrClN17O20S2Zn. The van der Waals surface area contributed by atoms with Crippen LogP contribution in [0.3, 0.4) is 0 Å². The van der Waals surface area contributed by atoms with Gasteiger partial charge in [0.25, 0.3) is 0 Å². The standard InChI is InChI=1S/C21H25N3O5.C11H13N3O2.C11H17NO2S.C10H13NO2S.C10H11NO2.C9H9N3O.C8H7NO.C7H7BrO.C6H8O2.C2H5ClO.CH4N2O.2CN.Zn/c1-14(2)28-19(25)6-8-24-13-22-21(23-24)17-10-16(5)11-18(12-17)27-9-7-20(26)29-15(3)4;1-8-3-9(11-12-6-13-14-11)5-10(4-8)16-7-15-2;1-8-4-9(11(12)15-3)6-10(5-8)14-7-13-2;1-7-3-8(10(11)14)5-9(4-7)13-6-12-2;1-8-3-9(6-11)5-10(4-8)13-7-12-2;1-6-2-7(4-8(13)3-6)9-10-5-11-12-9;1-6-2-7(5-9)4-8(10)3-6;1-5-2-6(8)4-7(9)3-5;1-4-6(7)8-5(2)3;1-4-2-3;2-3-1-4;2*1-2;/h6-15H,1-5H3;3-6H,7H2,1-2H3,(H,12,13,14);4-6,11H,7,12H2,1-3H3;3-5H,6H2,1-2H3,(H2,11,14);3-5H,7H2,1-2H3;2-5,13H,1H3,(H,10,11,12);2-4,10H,1H3;2-4,9H,1H3;1,5H,2-3H3;2H2,1H3;1H,2H2,(H,3,4);;;/q;;;;;;;;;;;2*-1;+2/b8-6-,9-7+;;;;;;;;;;;;;. The van der Waals surface area contributed by atoms with Gasteiger partial charge in [-0.1, -0.05) is 45.8 Å². The molecule has 0 saturated heterocycles. The summed E-state index contributed by atoms with van der Waals surface area (Å²) in [4.78, 5) is 54.9. The van der Waals surface area contributed by atoms with E-state index in [1.54, 1.807) is 155 Å². The smallest absolute Gasteiger partial charge is 0.512 e. The summed E-state index contributed by atoms with van der Waals surface area (Å²) in [6.07, 6.45) is 16.2. The molecule has 3 aromatic heterocycles. The summed E-state index contributed by atoms with van der Waals surface area (Å²) in [7, 11) is 7.87. The van der Waals surface area contributed by atoms with Crippen LogP contribution in [-0.2, 0) is 76.6 Å². The number of nitrogens with zero attached hydrogens (tertiary/aromatic N) is 11. The Morgan fingerprint density at radius 3 is 1.34 bits per heavy atom. The Morgan fingerprint density at radius 2 is 0.936 bits per heavy atom. The van der Waals surface area contributed by atoms with Crippen LogP contribution in [0.5, 0.6) is 46.0 Å². The van der Waals surface area contributed by atoms with Gasteiger partial charge in [-0.25, -0.2) is 39.9 Å². The van der Waals surface area contributed by atoms with Crippen molar-refractivity contribution in [3.05, 3.63) is 267 Å². The number of esters is 3. The van der Waals surface area contributed by atoms with E-state index < -0.39 is 17.9 Å². The fourth-order valence-electron chi connectivity index (χ4n) is 10.2. The molecule has 0 spiro atoms. The van der Waals surface area contributed by atoms with E-state index in [0.29, 0.717) is 57.5 Å². The zero-order valence-corrected chi connectivity index (χ0v) is 88.6. The molecule has 1 atom stereocenters. The first-order valence-electron chi connectivity index (χ1n) is 40.9. The maximum absolute atomic E-state index is 11.6. The number of H-pyrrole nitrogens is 2. The fourth-order valence-corrected chi connectivity index (χ4v) is 11.3. The summed E-state index contributed by atoms with van der Waals surface area (Å²) in [6, 6.07) is 48.0. The molecule has 0 aliphatic heterocycles. The number of thioether (sulfide) groups is 1. The Hall–Kier alpha value is -14.2. The van der Waals surface area contributed by atoms with Crippen molar-refractivity contribution < 1.29 is 116 Å². The van der Waals surface area contributed by atoms with Crippen LogP contribution < -0.4 is 46.4 Å². The number of thiocarbonyl (C=S) groups is 1. The minimum Gasteiger partial charge on any atom is -0.512 e. The number of nitrogens with two attached hydrogens (primary N) is 3. The van der Waals surface area contributed by atoms with Crippen LogP contribution in [0.1, 0.15) is 114 Å². The molecule has 3 heterocycles. The molecule has 12 N–H and O–H groups in total. The number of benzene rings is 8. The second-order valence-corrected chi connectivity index (χ2v) is 31.0. The number of hydrogen-bond donors (Lipinski definition) is 9. The van der Waals surface area contributed by atoms with Crippen LogP contribution in [0.15, 0.2) is 187 Å². The number of rotatable bonds is 28. The van der Waals surface area contributed by atoms with Crippen LogP contribution in [0.25, 0.3) is 40.4 Å². The zero-order chi connectivity index (χ0) is 105. The largest absolute Gasteiger partial charge is 2.00 e. The number of alkyl halides is 1. The molecule has 0 radical (unpaired) electrons. The Morgan fingerprint density at radius 1 is 0.550 bits per heavy atom. The fraction of sp³-hybridized carbons (Fsp3) is 0.296. The van der Waals surface area contributed by atoms with Crippen LogP contribution in [-0.4, -0.2) is 183 Å². The van der Waals surface area contributed by atoms with Crippen LogP contribution >= 0.6 is 51.5 Å². The van der Waals surface area contributed by atoms with E-state index >= 15 is 0 Å². The maximum atomic E-state index is 11.6. The van der Waals surface area contributed by atoms with E-state index in [1.807, 2.05) is 146 Å². The van der Waals surface area contributed by atoms with Gasteiger partial charge in [0.1, 0.15) is 76.0 Å². The number of phenols is 3. The number of aryl methyl sites for hydroxylation is 8. The van der Waals surface area contributed by atoms with E-state index in [-0.39, 0.29) is 81.8 Å². The van der Waals surface area contributed by atoms with Gasteiger partial charge >= 0.3 is 37.4 Å². The van der Waals surface area contributed by atoms with Crippen molar-refractivity contribution in [3.8, 4) is 105 Å². The van der Waals surface area contributed by atoms with E-state index in [1.165, 1.54) is 54.3 Å². The summed E-state index contributed by atoms with van der Waals surface area (Å²) in [6.45, 7) is 36.5. The number of carbonyl (C=O) groups excluding carboxylic acids is 4. The second-order valence-electron chi connectivity index (χ2n) is 28.5. The molecule has 11 aromatic rings. The first-order chi connectivity index (χ1) is 66.2. The van der Waals surface area contributed by atoms with Gasteiger partial charge in [-0.3, -0.25) is 20.4 Å². The van der Waals surface area contributed by atoms with Gasteiger partial charge in [-0.15, -0.1) is 23.3 Å². The molecule has 1 unspecified atom stereocenters. The Balaban J connectivity index is -0.00000152. The Labute approximate surface area is 853 Å². The predicted octanol–water partition coefficient (Wildman–Crippen LogP) is 16.8. The van der Waals surface area contributed by atoms with E-state index in [9.17, 15) is 19.5 Å². The molecule has 140 heavy (non-hydrogen) atoms. The Kier molecular flexibility index (Phi) is 72.2. The van der Waals surface area contributed by atoms with Crippen molar-refractivity contribution in [1.82, 2.24) is 50.6 Å². The number of carbonyl (C=O) groups is 4. The first kappa shape index (κ1) is 130. The van der Waals surface area contributed by atoms with Gasteiger partial charge in [0.05, 0.1) is 59.3 Å². The molecule has 1 amide bonds. The molecule has 0 aliphatic carbocycles. The average molecular weight is 2100 g/mol. The molecule has 0 saturated carbocycles. The number of amides is 1. The number of hydrazine groups is 1. The molecule has 0 fully saturated rings. The number of aromatic nitrogens is 9. The van der Waals surface area contributed by atoms with E-state index in [0.717, 1.165) is 99.9 Å². The third-order valence-electron chi connectivity index (χ3n) is 15.2. The van der Waals surface area contributed by atoms with Gasteiger partial charge in [0.2, 0.25) is 6.41 Å². The van der Waals surface area contributed by atoms with Gasteiger partial charge in [-0.05, 0) is 293 Å². The number of phenolic OH excluding ortho intramolecular Hbond substituents is 3. The molecule has 37 nitrogen and oxygen atoms in total. The summed E-state index contributed by atoms with van der Waals surface area (Å²) in [5, 5.41) is 74.3. The van der Waals surface area contributed by atoms with Crippen molar-refractivity contribution in [3.63, 3.8) is 0 Å². The van der Waals surface area contributed by atoms with E-state index in [4.69, 9.17) is 143 Å². The predicted molar refractivity (Wildman–Crippen MR) is 536 cm³/mol. The van der Waals surface area contributed by atoms with Crippen molar-refractivity contribution in [1.29, 1.82) is 21.0 Å². The quantitative estimate of drug-likeness (QED) is 0.00174. The van der Waals surface area contributed by atoms with E-state index in [2.05, 4.69) is 83.8 Å². The van der Waals surface area contributed by atoms with Gasteiger partial charge in [0, 0.05) is 80.5 Å². The first-order valence-corrected chi connectivity index (χ1v) is 43.9. The maximum Gasteiger partial charge on any atom is 2.00 e. The van der Waals surface area contributed by atoms with Crippen molar-refractivity contribution >= 4 is 87.0 Å². The number of ether oxygens (including phenoxy) is 13. The normalized spacial score (nSPS) is 9.83. The number of nitriles is 2. The molecule has 744 valence electrons. The summed E-state index contributed by atoms with van der Waals surface area (Å²) >= 11 is 14.7. The monoisotopic (exact) mass is 2100 g/mol. The third-order valence-corrected chi connectivity index (χ3v) is 16.9. The van der Waals surface area contributed by atoms with Crippen LogP contribution in [0.2, 0.25) is 0 Å². The third kappa shape index (κ3) is 61.8. The van der Waals surface area contributed by atoms with Crippen molar-refractivity contribution in [2.45, 2.75) is 121 Å². The molecule has 0 bridgehead atoms. The van der Waals surface area contributed by atoms with Gasteiger partial charge < -0.3 is 112 Å². The summed E-state index contributed by atoms with van der Waals surface area (Å²) < 4.78 is 67.2. The molecule has 11 rings (SSSR count). The number of methoxy groups -OCH3 is 5. The molecule has 0 aliphatic rings. The van der Waals surface area contributed by atoms with Gasteiger partial charge in [-0.2, -0.15) is 20.7 Å². The average Bonchev–Trinajstić information content (AvgIpc) is 1.75. The summed E-state index contributed by atoms with van der Waals surface area (Å²) in [5.74, 6) is 10.7. The molecule has 42 heteroatoms. The number of terminal acetylenes is 1. The minimum absolute atomic E-state index is 0. The number of aromatic amines is 2. The Bertz CT molecular complexity index is 5580. The van der Waals surface area contributed by atoms with Crippen LogP contribution in [0, 0.1) is 114 Å².